The van der Waals surface area contributed by atoms with E-state index in [1.54, 1.807) is 6.20 Å². The van der Waals surface area contributed by atoms with E-state index in [0.717, 1.165) is 11.4 Å². The topological polar surface area (TPSA) is 42.2 Å². The van der Waals surface area contributed by atoms with Gasteiger partial charge in [-0.25, -0.2) is 0 Å². The number of hydrogen-bond donors (Lipinski definition) is 1. The zero-order valence-corrected chi connectivity index (χ0v) is 11.1. The summed E-state index contributed by atoms with van der Waals surface area (Å²) in [6.45, 7) is 4.69. The summed E-state index contributed by atoms with van der Waals surface area (Å²) < 4.78 is 0. The van der Waals surface area contributed by atoms with E-state index in [4.69, 9.17) is 5.73 Å². The minimum Gasteiger partial charge on any atom is -0.345 e. The van der Waals surface area contributed by atoms with Crippen molar-refractivity contribution in [2.75, 3.05) is 11.9 Å². The molecule has 1 aromatic heterocycles. The van der Waals surface area contributed by atoms with Gasteiger partial charge in [-0.2, -0.15) is 0 Å². The van der Waals surface area contributed by atoms with Crippen LogP contribution < -0.4 is 10.6 Å². The lowest BCUT2D eigenvalue weighted by Gasteiger charge is -2.21. The van der Waals surface area contributed by atoms with Crippen LogP contribution in [0.15, 0.2) is 36.5 Å². The Morgan fingerprint density at radius 2 is 1.72 bits per heavy atom. The van der Waals surface area contributed by atoms with Gasteiger partial charge >= 0.3 is 0 Å². The van der Waals surface area contributed by atoms with E-state index in [-0.39, 0.29) is 0 Å². The monoisotopic (exact) mass is 241 g/mol. The van der Waals surface area contributed by atoms with Crippen molar-refractivity contribution in [3.8, 4) is 0 Å². The van der Waals surface area contributed by atoms with Crippen molar-refractivity contribution in [2.45, 2.75) is 20.4 Å². The normalized spacial score (nSPS) is 10.4. The van der Waals surface area contributed by atoms with Gasteiger partial charge in [-0.05, 0) is 49.2 Å². The van der Waals surface area contributed by atoms with Gasteiger partial charge in [0.05, 0.1) is 5.69 Å². The van der Waals surface area contributed by atoms with E-state index in [2.05, 4.69) is 49.0 Å². The Morgan fingerprint density at radius 1 is 1.06 bits per heavy atom. The summed E-state index contributed by atoms with van der Waals surface area (Å²) in [5.41, 5.74) is 11.4. The Balaban J connectivity index is 2.37. The Kier molecular flexibility index (Phi) is 3.63. The van der Waals surface area contributed by atoms with E-state index in [1.165, 1.54) is 16.8 Å². The van der Waals surface area contributed by atoms with Gasteiger partial charge in [0, 0.05) is 31.2 Å². The second-order valence-electron chi connectivity index (χ2n) is 4.61. The highest BCUT2D eigenvalue weighted by atomic mass is 15.1. The number of anilines is 2. The zero-order valence-electron chi connectivity index (χ0n) is 11.1. The maximum Gasteiger partial charge on any atom is 0.0560 e. The van der Waals surface area contributed by atoms with Crippen LogP contribution >= 0.6 is 0 Å². The lowest BCUT2D eigenvalue weighted by molar-refractivity contribution is 0.985. The van der Waals surface area contributed by atoms with Crippen molar-refractivity contribution in [1.29, 1.82) is 0 Å². The van der Waals surface area contributed by atoms with Crippen molar-refractivity contribution in [2.24, 2.45) is 5.73 Å². The Morgan fingerprint density at radius 3 is 2.33 bits per heavy atom. The molecule has 1 aromatic carbocycles. The first kappa shape index (κ1) is 12.6. The second-order valence-corrected chi connectivity index (χ2v) is 4.61. The molecule has 18 heavy (non-hydrogen) atoms. The number of rotatable bonds is 3. The van der Waals surface area contributed by atoms with Crippen LogP contribution in [0, 0.1) is 13.8 Å². The number of benzene rings is 1. The van der Waals surface area contributed by atoms with Gasteiger partial charge in [-0.3, -0.25) is 4.98 Å². The molecule has 0 bridgehead atoms. The molecule has 2 N–H and O–H groups in total. The van der Waals surface area contributed by atoms with Crippen molar-refractivity contribution in [3.63, 3.8) is 0 Å². The number of pyridine rings is 1. The summed E-state index contributed by atoms with van der Waals surface area (Å²) in [7, 11) is 2.06. The van der Waals surface area contributed by atoms with Gasteiger partial charge in [0.1, 0.15) is 0 Å². The van der Waals surface area contributed by atoms with Crippen molar-refractivity contribution in [3.05, 3.63) is 53.3 Å². The largest absolute Gasteiger partial charge is 0.345 e. The molecule has 0 amide bonds. The third-order valence-electron chi connectivity index (χ3n) is 2.99. The molecule has 0 fully saturated rings. The first-order valence-electron chi connectivity index (χ1n) is 6.07. The average molecular weight is 241 g/mol. The fraction of sp³-hybridized carbons (Fsp3) is 0.267. The molecule has 2 aromatic rings. The van der Waals surface area contributed by atoms with Crippen molar-refractivity contribution < 1.29 is 0 Å². The van der Waals surface area contributed by atoms with E-state index < -0.39 is 0 Å². The fourth-order valence-electron chi connectivity index (χ4n) is 2.08. The third kappa shape index (κ3) is 2.68. The summed E-state index contributed by atoms with van der Waals surface area (Å²) in [4.78, 5) is 6.37. The summed E-state index contributed by atoms with van der Waals surface area (Å²) >= 11 is 0. The van der Waals surface area contributed by atoms with Gasteiger partial charge in [-0.15, -0.1) is 0 Å². The maximum atomic E-state index is 5.62. The van der Waals surface area contributed by atoms with Crippen LogP contribution in [0.2, 0.25) is 0 Å². The molecule has 3 nitrogen and oxygen atoms in total. The Bertz CT molecular complexity index is 529. The molecule has 0 unspecified atom stereocenters. The first-order valence-corrected chi connectivity index (χ1v) is 6.07. The van der Waals surface area contributed by atoms with Crippen LogP contribution in [-0.2, 0) is 6.54 Å². The SMILES string of the molecule is Cc1cc(C)cc(N(C)c2ccnc(CN)c2)c1. The number of nitrogens with two attached hydrogens (primary N) is 1. The standard InChI is InChI=1S/C15H19N3/c1-11-6-12(2)8-15(7-11)18(3)14-4-5-17-13(9-14)10-16/h4-9H,10,16H2,1-3H3. The minimum atomic E-state index is 0.467. The predicted molar refractivity (Wildman–Crippen MR) is 76.1 cm³/mol. The Labute approximate surface area is 108 Å². The molecular weight excluding hydrogens is 222 g/mol. The molecule has 94 valence electrons. The molecule has 0 saturated heterocycles. The molecule has 0 atom stereocenters. The summed E-state index contributed by atoms with van der Waals surface area (Å²) in [6, 6.07) is 10.6. The van der Waals surface area contributed by atoms with Crippen molar-refractivity contribution in [1.82, 2.24) is 4.98 Å². The quantitative estimate of drug-likeness (QED) is 0.898. The van der Waals surface area contributed by atoms with Crippen LogP contribution in [0.4, 0.5) is 11.4 Å². The molecule has 3 heteroatoms. The smallest absolute Gasteiger partial charge is 0.0560 e. The van der Waals surface area contributed by atoms with E-state index in [0.29, 0.717) is 6.54 Å². The first-order chi connectivity index (χ1) is 8.60. The predicted octanol–water partition coefficient (Wildman–Crippen LogP) is 2.93. The fourth-order valence-corrected chi connectivity index (χ4v) is 2.08. The van der Waals surface area contributed by atoms with Crippen molar-refractivity contribution >= 4 is 11.4 Å². The molecule has 0 aliphatic heterocycles. The van der Waals surface area contributed by atoms with Crippen LogP contribution in [0.3, 0.4) is 0 Å². The van der Waals surface area contributed by atoms with Gasteiger partial charge in [0.15, 0.2) is 0 Å². The van der Waals surface area contributed by atoms with E-state index in [9.17, 15) is 0 Å². The number of aryl methyl sites for hydroxylation is 2. The van der Waals surface area contributed by atoms with E-state index >= 15 is 0 Å². The highest BCUT2D eigenvalue weighted by Gasteiger charge is 2.06. The zero-order chi connectivity index (χ0) is 13.1. The molecule has 0 radical (unpaired) electrons. The van der Waals surface area contributed by atoms with Crippen LogP contribution in [-0.4, -0.2) is 12.0 Å². The maximum absolute atomic E-state index is 5.62. The lowest BCUT2D eigenvalue weighted by atomic mass is 10.1. The van der Waals surface area contributed by atoms with Crippen LogP contribution in [0.25, 0.3) is 0 Å². The minimum absolute atomic E-state index is 0.467. The van der Waals surface area contributed by atoms with Gasteiger partial charge in [0.25, 0.3) is 0 Å². The summed E-state index contributed by atoms with van der Waals surface area (Å²) in [5, 5.41) is 0. The number of nitrogens with zero attached hydrogens (tertiary/aromatic N) is 2. The molecule has 0 spiro atoms. The van der Waals surface area contributed by atoms with E-state index in [1.807, 2.05) is 12.1 Å². The number of hydrogen-bond acceptors (Lipinski definition) is 3. The molecule has 0 aliphatic rings. The van der Waals surface area contributed by atoms with Gasteiger partial charge < -0.3 is 10.6 Å². The van der Waals surface area contributed by atoms with Gasteiger partial charge in [-0.1, -0.05) is 6.07 Å². The summed E-state index contributed by atoms with van der Waals surface area (Å²) in [6.07, 6.45) is 1.80. The number of aromatic nitrogens is 1. The van der Waals surface area contributed by atoms with Gasteiger partial charge in [0.2, 0.25) is 0 Å². The summed E-state index contributed by atoms with van der Waals surface area (Å²) in [5.74, 6) is 0. The molecule has 2 rings (SSSR count). The molecular formula is C15H19N3. The van der Waals surface area contributed by atoms with Crippen LogP contribution in [0.5, 0.6) is 0 Å². The molecule has 1 heterocycles. The Hall–Kier alpha value is -1.87. The lowest BCUT2D eigenvalue weighted by Crippen LogP contribution is -2.11. The highest BCUT2D eigenvalue weighted by molar-refractivity contribution is 5.63. The highest BCUT2D eigenvalue weighted by Crippen LogP contribution is 2.25. The molecule has 0 aliphatic carbocycles. The average Bonchev–Trinajstić information content (AvgIpc) is 2.37. The second kappa shape index (κ2) is 5.19. The van der Waals surface area contributed by atoms with Crippen LogP contribution in [0.1, 0.15) is 16.8 Å². The molecule has 0 saturated carbocycles. The third-order valence-corrected chi connectivity index (χ3v) is 2.99.